The van der Waals surface area contributed by atoms with E-state index in [9.17, 15) is 0 Å². The molecule has 0 bridgehead atoms. The van der Waals surface area contributed by atoms with Gasteiger partial charge in [0.15, 0.2) is 0 Å². The molecule has 8 aromatic rings. The van der Waals surface area contributed by atoms with Crippen LogP contribution in [0.5, 0.6) is 0 Å². The standard InChI is InChI=1S/C43H31N3Se.2C2H6/c1-3-4-17-31-28(2)45(30-15-6-5-7-16-30)43-33(31)25-26-38-42(43)34-19-8-10-21-37(34)46(38)41-24-13-20-36(44-41)29-14-12-23-40-35(27-29)32-18-9-11-22-39(32)47-40;2*1-2/h3-22,24-27H,1,23H2,2H3;2*1-2H3/b17-4-;;. The summed E-state index contributed by atoms with van der Waals surface area (Å²) in [5.41, 5.74) is 10.6. The van der Waals surface area contributed by atoms with Crippen molar-refractivity contribution in [2.45, 2.75) is 41.0 Å². The largest absolute Gasteiger partial charge is 0.0683 e. The van der Waals surface area contributed by atoms with E-state index in [4.69, 9.17) is 4.98 Å². The Balaban J connectivity index is 0.000000983. The van der Waals surface area contributed by atoms with Crippen LogP contribution in [-0.2, 0) is 6.42 Å². The number of rotatable bonds is 5. The maximum Gasteiger partial charge on any atom is -0.0683 e. The fourth-order valence-electron chi connectivity index (χ4n) is 7.29. The average Bonchev–Trinajstić information content (AvgIpc) is 3.75. The predicted octanol–water partition coefficient (Wildman–Crippen LogP) is 12.5. The summed E-state index contributed by atoms with van der Waals surface area (Å²) >= 11 is 0.378. The number of nitrogens with zero attached hydrogens (tertiary/aromatic N) is 3. The van der Waals surface area contributed by atoms with Gasteiger partial charge in [0.2, 0.25) is 0 Å². The van der Waals surface area contributed by atoms with Gasteiger partial charge in [-0.1, -0.05) is 70.7 Å². The van der Waals surface area contributed by atoms with Crippen LogP contribution in [0, 0.1) is 6.92 Å². The number of benzene rings is 4. The first-order valence-electron chi connectivity index (χ1n) is 18.0. The molecule has 0 saturated carbocycles. The Bertz CT molecular complexity index is 2620. The van der Waals surface area contributed by atoms with E-state index in [0.717, 1.165) is 40.2 Å². The number of para-hydroxylation sites is 2. The van der Waals surface area contributed by atoms with Crippen molar-refractivity contribution in [3.8, 4) is 11.5 Å². The first-order chi connectivity index (χ1) is 25.2. The van der Waals surface area contributed by atoms with E-state index in [0.29, 0.717) is 14.5 Å². The van der Waals surface area contributed by atoms with Crippen molar-refractivity contribution in [3.05, 3.63) is 167 Å². The van der Waals surface area contributed by atoms with Gasteiger partial charge in [-0.3, -0.25) is 0 Å². The van der Waals surface area contributed by atoms with Gasteiger partial charge in [-0.15, -0.1) is 0 Å². The molecule has 0 spiro atoms. The zero-order chi connectivity index (χ0) is 35.5. The maximum atomic E-state index is 5.37. The van der Waals surface area contributed by atoms with Gasteiger partial charge in [-0.25, -0.2) is 0 Å². The SMILES string of the molecule is C=C/C=C\c1c(C)n(-c2ccccc2)c2c1ccc1c2c2ccccc2n1-c1cccc(C2=Cc3c([se]c4ccccc34)CC=C2)n1.CC.CC. The van der Waals surface area contributed by atoms with Gasteiger partial charge in [-0.2, -0.15) is 0 Å². The van der Waals surface area contributed by atoms with E-state index in [1.807, 2.05) is 39.8 Å². The molecule has 252 valence electrons. The van der Waals surface area contributed by atoms with Crippen LogP contribution in [-0.4, -0.2) is 28.6 Å². The normalized spacial score (nSPS) is 12.4. The molecule has 0 saturated heterocycles. The average molecular weight is 729 g/mol. The number of pyridine rings is 1. The van der Waals surface area contributed by atoms with Gasteiger partial charge in [0.1, 0.15) is 0 Å². The van der Waals surface area contributed by atoms with Crippen molar-refractivity contribution in [1.82, 2.24) is 14.1 Å². The molecule has 0 atom stereocenters. The van der Waals surface area contributed by atoms with Crippen LogP contribution in [0.25, 0.3) is 71.6 Å². The fourth-order valence-corrected chi connectivity index (χ4v) is 9.72. The van der Waals surface area contributed by atoms with Crippen molar-refractivity contribution < 1.29 is 0 Å². The number of hydrogen-bond donors (Lipinski definition) is 0. The Morgan fingerprint density at radius 3 is 2.27 bits per heavy atom. The molecule has 4 aromatic carbocycles. The van der Waals surface area contributed by atoms with Crippen LogP contribution in [0.2, 0.25) is 0 Å². The smallest absolute Gasteiger partial charge is 0.0683 e. The van der Waals surface area contributed by atoms with Gasteiger partial charge in [-0.05, 0) is 19.1 Å². The monoisotopic (exact) mass is 729 g/mol. The van der Waals surface area contributed by atoms with Crippen molar-refractivity contribution >= 4 is 74.6 Å². The minimum Gasteiger partial charge on any atom is -0.0683 e. The van der Waals surface area contributed by atoms with Crippen molar-refractivity contribution in [2.75, 3.05) is 0 Å². The Morgan fingerprint density at radius 1 is 0.725 bits per heavy atom. The Morgan fingerprint density at radius 2 is 1.47 bits per heavy atom. The third-order valence-corrected chi connectivity index (χ3v) is 11.9. The number of aromatic nitrogens is 3. The van der Waals surface area contributed by atoms with E-state index in [1.54, 1.807) is 4.44 Å². The molecule has 4 aromatic heterocycles. The summed E-state index contributed by atoms with van der Waals surface area (Å²) in [4.78, 5) is 5.37. The van der Waals surface area contributed by atoms with E-state index >= 15 is 0 Å². The minimum atomic E-state index is 0.378. The second-order valence-electron chi connectivity index (χ2n) is 12.0. The van der Waals surface area contributed by atoms with Crippen LogP contribution in [0.15, 0.2) is 140 Å². The van der Waals surface area contributed by atoms with Crippen molar-refractivity contribution in [1.29, 1.82) is 0 Å². The summed E-state index contributed by atoms with van der Waals surface area (Å²) in [6.45, 7) is 14.1. The molecule has 1 aliphatic rings. The first kappa shape index (κ1) is 34.1. The molecule has 0 fully saturated rings. The molecule has 0 aliphatic heterocycles. The first-order valence-corrected chi connectivity index (χ1v) is 19.7. The summed E-state index contributed by atoms with van der Waals surface area (Å²) in [6, 6.07) is 39.3. The van der Waals surface area contributed by atoms with Gasteiger partial charge in [0.25, 0.3) is 0 Å². The third-order valence-electron chi connectivity index (χ3n) is 9.33. The Hall–Kier alpha value is -5.41. The molecule has 4 heteroatoms. The summed E-state index contributed by atoms with van der Waals surface area (Å²) < 4.78 is 7.78. The Labute approximate surface area is 307 Å². The summed E-state index contributed by atoms with van der Waals surface area (Å²) in [6.07, 6.45) is 14.0. The van der Waals surface area contributed by atoms with Crippen LogP contribution in [0.1, 0.15) is 54.6 Å². The van der Waals surface area contributed by atoms with Crippen LogP contribution >= 0.6 is 0 Å². The quantitative estimate of drug-likeness (QED) is 0.128. The van der Waals surface area contributed by atoms with E-state index in [2.05, 4.69) is 156 Å². The molecular weight excluding hydrogens is 685 g/mol. The summed E-state index contributed by atoms with van der Waals surface area (Å²) in [7, 11) is 0. The predicted molar refractivity (Wildman–Crippen MR) is 224 cm³/mol. The summed E-state index contributed by atoms with van der Waals surface area (Å²) in [5.74, 6) is 0.915. The fraction of sp³-hybridized carbons (Fsp3) is 0.128. The number of fused-ring (bicyclic) bond motifs is 8. The molecule has 51 heavy (non-hydrogen) atoms. The molecule has 4 heterocycles. The molecule has 9 rings (SSSR count). The second kappa shape index (κ2) is 14.8. The molecule has 0 N–H and O–H groups in total. The molecule has 0 amide bonds. The Kier molecular flexibility index (Phi) is 9.90. The topological polar surface area (TPSA) is 22.8 Å². The van der Waals surface area contributed by atoms with Gasteiger partial charge < -0.3 is 0 Å². The molecule has 1 aliphatic carbocycles. The molecule has 0 radical (unpaired) electrons. The van der Waals surface area contributed by atoms with Gasteiger partial charge >= 0.3 is 202 Å². The van der Waals surface area contributed by atoms with Crippen molar-refractivity contribution in [2.24, 2.45) is 0 Å². The van der Waals surface area contributed by atoms with Crippen LogP contribution < -0.4 is 0 Å². The molecule has 0 unspecified atom stereocenters. The van der Waals surface area contributed by atoms with Crippen molar-refractivity contribution in [3.63, 3.8) is 0 Å². The zero-order valence-electron chi connectivity index (χ0n) is 30.0. The summed E-state index contributed by atoms with van der Waals surface area (Å²) in [5, 5.41) is 5.04. The number of hydrogen-bond acceptors (Lipinski definition) is 1. The maximum absolute atomic E-state index is 5.37. The minimum absolute atomic E-state index is 0.378. The van der Waals surface area contributed by atoms with E-state index in [1.165, 1.54) is 48.1 Å². The molecular formula is C47H43N3Se. The second-order valence-corrected chi connectivity index (χ2v) is 14.4. The van der Waals surface area contributed by atoms with E-state index in [-0.39, 0.29) is 0 Å². The number of allylic oxidation sites excluding steroid dienone is 5. The van der Waals surface area contributed by atoms with Gasteiger partial charge in [0, 0.05) is 16.9 Å². The van der Waals surface area contributed by atoms with Gasteiger partial charge in [0.05, 0.1) is 0 Å². The zero-order valence-corrected chi connectivity index (χ0v) is 31.7. The molecule has 3 nitrogen and oxygen atoms in total. The van der Waals surface area contributed by atoms with E-state index < -0.39 is 0 Å². The van der Waals surface area contributed by atoms with Crippen LogP contribution in [0.3, 0.4) is 0 Å². The third kappa shape index (κ3) is 5.85. The van der Waals surface area contributed by atoms with Crippen LogP contribution in [0.4, 0.5) is 0 Å².